The van der Waals surface area contributed by atoms with Gasteiger partial charge in [-0.1, -0.05) is 24.3 Å². The largest absolute Gasteiger partial charge is 0.277 e. The normalized spacial score (nSPS) is 13.6. The van der Waals surface area contributed by atoms with Crippen LogP contribution in [-0.4, -0.2) is 26.9 Å². The first kappa shape index (κ1) is 15.3. The highest BCUT2D eigenvalue weighted by Gasteiger charge is 2.37. The minimum absolute atomic E-state index is 0.140. The number of aryl methyl sites for hydroxylation is 1. The molecular formula is C16H10N4O4S. The number of carbonyl (C=O) groups is 2. The van der Waals surface area contributed by atoms with Gasteiger partial charge in [-0.2, -0.15) is 0 Å². The number of nitrogens with zero attached hydrogens (tertiary/aromatic N) is 4. The van der Waals surface area contributed by atoms with Gasteiger partial charge in [0.05, 0.1) is 10.3 Å². The van der Waals surface area contributed by atoms with Gasteiger partial charge in [-0.25, -0.2) is 4.90 Å². The summed E-state index contributed by atoms with van der Waals surface area (Å²) in [6.45, 7) is 1.90. The van der Waals surface area contributed by atoms with Crippen LogP contribution in [0.25, 0.3) is 10.8 Å². The molecule has 0 aliphatic carbocycles. The second-order valence-corrected chi connectivity index (χ2v) is 6.44. The van der Waals surface area contributed by atoms with Crippen molar-refractivity contribution in [3.63, 3.8) is 0 Å². The maximum absolute atomic E-state index is 12.9. The smallest absolute Gasteiger partial charge is 0.268 e. The zero-order valence-electron chi connectivity index (χ0n) is 12.9. The molecule has 0 spiro atoms. The second kappa shape index (κ2) is 5.42. The summed E-state index contributed by atoms with van der Waals surface area (Å²) in [6.07, 6.45) is 0.645. The molecule has 2 amide bonds. The van der Waals surface area contributed by atoms with Gasteiger partial charge in [0.1, 0.15) is 5.01 Å². The summed E-state index contributed by atoms with van der Waals surface area (Å²) in [4.78, 5) is 37.4. The zero-order valence-corrected chi connectivity index (χ0v) is 13.7. The highest BCUT2D eigenvalue weighted by atomic mass is 32.1. The number of imide groups is 1. The van der Waals surface area contributed by atoms with Gasteiger partial charge in [0.15, 0.2) is 0 Å². The van der Waals surface area contributed by atoms with E-state index in [0.29, 0.717) is 16.8 Å². The van der Waals surface area contributed by atoms with Crippen molar-refractivity contribution in [3.05, 3.63) is 56.6 Å². The van der Waals surface area contributed by atoms with Crippen LogP contribution < -0.4 is 4.90 Å². The molecule has 2 aromatic carbocycles. The van der Waals surface area contributed by atoms with E-state index in [0.717, 1.165) is 4.90 Å². The van der Waals surface area contributed by atoms with E-state index >= 15 is 0 Å². The molecule has 124 valence electrons. The molecule has 4 rings (SSSR count). The summed E-state index contributed by atoms with van der Waals surface area (Å²) >= 11 is 1.17. The van der Waals surface area contributed by atoms with E-state index in [2.05, 4.69) is 10.2 Å². The fraction of sp³-hybridized carbons (Fsp3) is 0.125. The predicted molar refractivity (Wildman–Crippen MR) is 91.0 cm³/mol. The molecule has 0 N–H and O–H groups in total. The number of nitro groups is 1. The highest BCUT2D eigenvalue weighted by Crippen LogP contribution is 2.37. The molecular weight excluding hydrogens is 344 g/mol. The predicted octanol–water partition coefficient (Wildman–Crippen LogP) is 2.96. The average Bonchev–Trinajstić information content (AvgIpc) is 3.07. The van der Waals surface area contributed by atoms with E-state index in [-0.39, 0.29) is 27.3 Å². The van der Waals surface area contributed by atoms with Crippen molar-refractivity contribution in [1.82, 2.24) is 10.2 Å². The highest BCUT2D eigenvalue weighted by molar-refractivity contribution is 7.15. The number of benzene rings is 2. The summed E-state index contributed by atoms with van der Waals surface area (Å²) in [6, 6.07) is 7.33. The van der Waals surface area contributed by atoms with Crippen molar-refractivity contribution < 1.29 is 14.5 Å². The first-order valence-electron chi connectivity index (χ1n) is 7.44. The molecule has 0 radical (unpaired) electrons. The van der Waals surface area contributed by atoms with Crippen molar-refractivity contribution in [2.24, 2.45) is 0 Å². The van der Waals surface area contributed by atoms with Crippen molar-refractivity contribution in [1.29, 1.82) is 0 Å². The monoisotopic (exact) mass is 354 g/mol. The number of rotatable bonds is 3. The molecule has 0 saturated heterocycles. The Morgan fingerprint density at radius 1 is 1.12 bits per heavy atom. The standard InChI is InChI=1S/C16H10N4O4S/c1-2-12-17-18-16(25-12)19-14(21)9-5-3-4-8-11(20(23)24)7-6-10(13(8)9)15(19)22/h3-7H,2H2,1H3. The number of non-ortho nitro benzene ring substituents is 1. The average molecular weight is 354 g/mol. The summed E-state index contributed by atoms with van der Waals surface area (Å²) in [7, 11) is 0. The molecule has 0 atom stereocenters. The Morgan fingerprint density at radius 2 is 1.84 bits per heavy atom. The van der Waals surface area contributed by atoms with Gasteiger partial charge >= 0.3 is 0 Å². The molecule has 0 bridgehead atoms. The van der Waals surface area contributed by atoms with Crippen LogP contribution in [0.5, 0.6) is 0 Å². The van der Waals surface area contributed by atoms with Gasteiger partial charge in [0.25, 0.3) is 17.5 Å². The summed E-state index contributed by atoms with van der Waals surface area (Å²) < 4.78 is 0. The van der Waals surface area contributed by atoms with Crippen LogP contribution in [0.3, 0.4) is 0 Å². The SMILES string of the molecule is CCc1nnc(N2C(=O)c3cccc4c([N+](=O)[O-])ccc(c34)C2=O)s1. The number of aromatic nitrogens is 2. The Bertz CT molecular complexity index is 1050. The van der Waals surface area contributed by atoms with E-state index in [4.69, 9.17) is 0 Å². The lowest BCUT2D eigenvalue weighted by Crippen LogP contribution is -2.40. The summed E-state index contributed by atoms with van der Waals surface area (Å²) in [5, 5.41) is 20.6. The van der Waals surface area contributed by atoms with Gasteiger partial charge in [-0.15, -0.1) is 10.2 Å². The minimum Gasteiger partial charge on any atom is -0.268 e. The Labute approximate surface area is 144 Å². The third-order valence-electron chi connectivity index (χ3n) is 4.03. The maximum Gasteiger partial charge on any atom is 0.277 e. The topological polar surface area (TPSA) is 106 Å². The molecule has 3 aromatic rings. The van der Waals surface area contributed by atoms with Crippen LogP contribution in [0.4, 0.5) is 10.8 Å². The van der Waals surface area contributed by atoms with Gasteiger partial charge in [0, 0.05) is 22.6 Å². The Balaban J connectivity index is 1.97. The Morgan fingerprint density at radius 3 is 2.48 bits per heavy atom. The van der Waals surface area contributed by atoms with Crippen LogP contribution in [0, 0.1) is 10.1 Å². The van der Waals surface area contributed by atoms with Crippen molar-refractivity contribution >= 4 is 44.7 Å². The molecule has 0 saturated carbocycles. The molecule has 8 nitrogen and oxygen atoms in total. The first-order chi connectivity index (χ1) is 12.0. The number of carbonyl (C=O) groups excluding carboxylic acids is 2. The lowest BCUT2D eigenvalue weighted by molar-refractivity contribution is -0.383. The number of anilines is 1. The minimum atomic E-state index is -0.553. The maximum atomic E-state index is 12.9. The third kappa shape index (κ3) is 2.13. The lowest BCUT2D eigenvalue weighted by atomic mass is 9.93. The van der Waals surface area contributed by atoms with E-state index in [1.54, 1.807) is 12.1 Å². The van der Waals surface area contributed by atoms with Crippen LogP contribution in [0.1, 0.15) is 32.6 Å². The molecule has 1 aliphatic heterocycles. The fourth-order valence-electron chi connectivity index (χ4n) is 2.89. The van der Waals surface area contributed by atoms with Crippen LogP contribution in [-0.2, 0) is 6.42 Å². The summed E-state index contributed by atoms with van der Waals surface area (Å²) in [5.41, 5.74) is 0.340. The van der Waals surface area contributed by atoms with Crippen molar-refractivity contribution in [2.75, 3.05) is 4.90 Å². The first-order valence-corrected chi connectivity index (χ1v) is 8.26. The van der Waals surface area contributed by atoms with Gasteiger partial charge in [-0.05, 0) is 24.6 Å². The number of amides is 2. The van der Waals surface area contributed by atoms with Crippen molar-refractivity contribution in [3.8, 4) is 0 Å². The van der Waals surface area contributed by atoms with Gasteiger partial charge in [0.2, 0.25) is 5.13 Å². The molecule has 25 heavy (non-hydrogen) atoms. The fourth-order valence-corrected chi connectivity index (χ4v) is 3.67. The molecule has 2 heterocycles. The van der Waals surface area contributed by atoms with E-state index in [1.807, 2.05) is 6.92 Å². The third-order valence-corrected chi connectivity index (χ3v) is 5.08. The molecule has 0 fully saturated rings. The van der Waals surface area contributed by atoms with E-state index in [9.17, 15) is 19.7 Å². The Hall–Kier alpha value is -3.20. The van der Waals surface area contributed by atoms with E-state index < -0.39 is 16.7 Å². The number of hydrogen-bond donors (Lipinski definition) is 0. The van der Waals surface area contributed by atoms with Crippen LogP contribution in [0.2, 0.25) is 0 Å². The molecule has 1 aromatic heterocycles. The zero-order chi connectivity index (χ0) is 17.7. The molecule has 9 heteroatoms. The van der Waals surface area contributed by atoms with Gasteiger partial charge < -0.3 is 0 Å². The van der Waals surface area contributed by atoms with Crippen LogP contribution in [0.15, 0.2) is 30.3 Å². The quantitative estimate of drug-likeness (QED) is 0.407. The number of nitro benzene ring substituents is 1. The summed E-state index contributed by atoms with van der Waals surface area (Å²) in [5.74, 6) is -1.11. The molecule has 0 unspecified atom stereocenters. The Kier molecular flexibility index (Phi) is 3.32. The lowest BCUT2D eigenvalue weighted by Gasteiger charge is -2.24. The molecule has 1 aliphatic rings. The van der Waals surface area contributed by atoms with Crippen molar-refractivity contribution in [2.45, 2.75) is 13.3 Å². The number of hydrogen-bond acceptors (Lipinski definition) is 7. The van der Waals surface area contributed by atoms with Gasteiger partial charge in [-0.3, -0.25) is 19.7 Å². The van der Waals surface area contributed by atoms with Crippen LogP contribution >= 0.6 is 11.3 Å². The van der Waals surface area contributed by atoms with E-state index in [1.165, 1.54) is 29.5 Å². The second-order valence-electron chi connectivity index (χ2n) is 5.40.